The van der Waals surface area contributed by atoms with Gasteiger partial charge in [-0.2, -0.15) is 5.10 Å². The zero-order chi connectivity index (χ0) is 20.1. The Balaban J connectivity index is 0.000000516. The van der Waals surface area contributed by atoms with E-state index in [1.54, 1.807) is 18.3 Å². The number of nitrogens with zero attached hydrogens (tertiary/aromatic N) is 4. The lowest BCUT2D eigenvalue weighted by Gasteiger charge is -2.12. The fourth-order valence-electron chi connectivity index (χ4n) is 2.56. The second-order valence-electron chi connectivity index (χ2n) is 6.69. The number of anilines is 1. The molecule has 1 amide bonds. The van der Waals surface area contributed by atoms with Crippen molar-refractivity contribution in [3.63, 3.8) is 0 Å². The van der Waals surface area contributed by atoms with E-state index < -0.39 is 0 Å². The van der Waals surface area contributed by atoms with Gasteiger partial charge in [-0.15, -0.1) is 0 Å². The molecule has 0 saturated carbocycles. The van der Waals surface area contributed by atoms with Crippen LogP contribution in [0, 0.1) is 5.82 Å². The number of rotatable bonds is 0. The number of amides is 1. The molecule has 0 atom stereocenters. The monoisotopic (exact) mass is 386 g/mol. The maximum Gasteiger partial charge on any atom is 0.256 e. The molecule has 0 saturated heterocycles. The SMILES string of the molecule is CN(C)C.O=C1NCCOc2ccc(F)cc2CNc2ccn3ncc1c3n2. The van der Waals surface area contributed by atoms with E-state index in [0.717, 1.165) is 0 Å². The Morgan fingerprint density at radius 1 is 1.21 bits per heavy atom. The van der Waals surface area contributed by atoms with Crippen LogP contribution in [-0.4, -0.2) is 59.7 Å². The van der Waals surface area contributed by atoms with Gasteiger partial charge in [0.15, 0.2) is 5.65 Å². The highest BCUT2D eigenvalue weighted by Gasteiger charge is 2.15. The first-order valence-electron chi connectivity index (χ1n) is 8.82. The van der Waals surface area contributed by atoms with Crippen molar-refractivity contribution in [2.24, 2.45) is 0 Å². The van der Waals surface area contributed by atoms with E-state index in [2.05, 4.69) is 20.7 Å². The molecule has 2 aromatic heterocycles. The highest BCUT2D eigenvalue weighted by atomic mass is 19.1. The van der Waals surface area contributed by atoms with Crippen LogP contribution in [0.2, 0.25) is 0 Å². The van der Waals surface area contributed by atoms with E-state index in [1.807, 2.05) is 26.0 Å². The Labute approximate surface area is 162 Å². The Morgan fingerprint density at radius 2 is 2.00 bits per heavy atom. The minimum Gasteiger partial charge on any atom is -0.491 e. The zero-order valence-electron chi connectivity index (χ0n) is 16.1. The summed E-state index contributed by atoms with van der Waals surface area (Å²) in [6.45, 7) is 0.945. The van der Waals surface area contributed by atoms with Gasteiger partial charge in [-0.1, -0.05) is 0 Å². The van der Waals surface area contributed by atoms with Crippen LogP contribution in [-0.2, 0) is 6.54 Å². The first-order chi connectivity index (χ1) is 13.4. The first-order valence-corrected chi connectivity index (χ1v) is 8.82. The topological polar surface area (TPSA) is 83.8 Å². The minimum absolute atomic E-state index is 0.267. The van der Waals surface area contributed by atoms with E-state index in [9.17, 15) is 9.18 Å². The summed E-state index contributed by atoms with van der Waals surface area (Å²) >= 11 is 0. The molecule has 2 N–H and O–H groups in total. The number of hydrogen-bond acceptors (Lipinski definition) is 6. The predicted octanol–water partition coefficient (Wildman–Crippen LogP) is 1.78. The summed E-state index contributed by atoms with van der Waals surface area (Å²) in [5.41, 5.74) is 1.52. The molecule has 8 nitrogen and oxygen atoms in total. The number of aromatic nitrogens is 3. The van der Waals surface area contributed by atoms with Crippen molar-refractivity contribution >= 4 is 17.4 Å². The van der Waals surface area contributed by atoms with Gasteiger partial charge in [0, 0.05) is 18.3 Å². The average molecular weight is 386 g/mol. The normalized spacial score (nSPS) is 13.8. The van der Waals surface area contributed by atoms with Gasteiger partial charge < -0.3 is 20.3 Å². The highest BCUT2D eigenvalue weighted by molar-refractivity contribution is 5.99. The molecule has 0 spiro atoms. The largest absolute Gasteiger partial charge is 0.491 e. The number of nitrogens with one attached hydrogen (secondary N) is 2. The van der Waals surface area contributed by atoms with Crippen molar-refractivity contribution < 1.29 is 13.9 Å². The molecule has 9 heteroatoms. The molecule has 3 heterocycles. The molecule has 0 aliphatic carbocycles. The molecule has 0 radical (unpaired) electrons. The molecule has 3 aromatic rings. The Bertz CT molecular complexity index is 969. The van der Waals surface area contributed by atoms with Crippen molar-refractivity contribution in [3.8, 4) is 5.75 Å². The predicted molar refractivity (Wildman–Crippen MR) is 104 cm³/mol. The summed E-state index contributed by atoms with van der Waals surface area (Å²) in [5.74, 6) is 0.531. The molecular formula is C19H23FN6O2. The van der Waals surface area contributed by atoms with Crippen molar-refractivity contribution in [1.82, 2.24) is 24.8 Å². The second kappa shape index (κ2) is 8.66. The lowest BCUT2D eigenvalue weighted by molar-refractivity contribution is 0.0948. The summed E-state index contributed by atoms with van der Waals surface area (Å²) in [5, 5.41) is 10.0. The van der Waals surface area contributed by atoms with E-state index in [0.29, 0.717) is 41.4 Å². The van der Waals surface area contributed by atoms with Crippen LogP contribution < -0.4 is 15.4 Å². The first kappa shape index (κ1) is 19.6. The van der Waals surface area contributed by atoms with Crippen molar-refractivity contribution in [2.75, 3.05) is 39.6 Å². The summed E-state index contributed by atoms with van der Waals surface area (Å²) in [6, 6.07) is 6.08. The van der Waals surface area contributed by atoms with Crippen LogP contribution in [0.4, 0.5) is 10.2 Å². The van der Waals surface area contributed by atoms with Gasteiger partial charge >= 0.3 is 0 Å². The third-order valence-electron chi connectivity index (χ3n) is 3.74. The maximum atomic E-state index is 13.5. The molecule has 1 aliphatic rings. The van der Waals surface area contributed by atoms with E-state index in [-0.39, 0.29) is 18.3 Å². The van der Waals surface area contributed by atoms with Crippen molar-refractivity contribution in [3.05, 3.63) is 53.6 Å². The molecular weight excluding hydrogens is 363 g/mol. The number of halogens is 1. The molecule has 0 unspecified atom stereocenters. The van der Waals surface area contributed by atoms with Gasteiger partial charge in [0.2, 0.25) is 0 Å². The van der Waals surface area contributed by atoms with E-state index in [4.69, 9.17) is 4.74 Å². The minimum atomic E-state index is -0.335. The highest BCUT2D eigenvalue weighted by Crippen LogP contribution is 2.21. The van der Waals surface area contributed by atoms with Crippen LogP contribution in [0.15, 0.2) is 36.7 Å². The van der Waals surface area contributed by atoms with Crippen LogP contribution in [0.5, 0.6) is 5.75 Å². The Hall–Kier alpha value is -3.20. The molecule has 148 valence electrons. The maximum absolute atomic E-state index is 13.5. The molecule has 0 fully saturated rings. The van der Waals surface area contributed by atoms with Gasteiger partial charge in [0.1, 0.15) is 29.6 Å². The quantitative estimate of drug-likeness (QED) is 0.613. The number of carbonyl (C=O) groups excluding carboxylic acids is 1. The summed E-state index contributed by atoms with van der Waals surface area (Å²) in [6.07, 6.45) is 3.19. The van der Waals surface area contributed by atoms with E-state index >= 15 is 0 Å². The average Bonchev–Trinajstić information content (AvgIpc) is 3.07. The lowest BCUT2D eigenvalue weighted by atomic mass is 10.2. The number of ether oxygens (including phenoxy) is 1. The van der Waals surface area contributed by atoms with E-state index in [1.165, 1.54) is 22.8 Å². The standard InChI is InChI=1S/C16H14FN5O2.C3H9N/c17-11-1-2-13-10(7-11)8-19-14-3-5-22-15(21-14)12(9-20-22)16(23)18-4-6-24-13;1-4(2)3/h1-3,5,7,9H,4,6,8H2,(H,18,23)(H,19,21);1-3H3. The second-order valence-corrected chi connectivity index (χ2v) is 6.69. The number of benzene rings is 1. The van der Waals surface area contributed by atoms with Crippen LogP contribution >= 0.6 is 0 Å². The molecule has 1 aliphatic heterocycles. The smallest absolute Gasteiger partial charge is 0.256 e. The van der Waals surface area contributed by atoms with Crippen molar-refractivity contribution in [2.45, 2.75) is 6.54 Å². The lowest BCUT2D eigenvalue weighted by Crippen LogP contribution is -2.28. The number of fused-ring (bicyclic) bond motifs is 2. The fraction of sp³-hybridized carbons (Fsp3) is 0.316. The summed E-state index contributed by atoms with van der Waals surface area (Å²) < 4.78 is 20.7. The fourth-order valence-corrected chi connectivity index (χ4v) is 2.56. The van der Waals surface area contributed by atoms with Crippen LogP contribution in [0.3, 0.4) is 0 Å². The summed E-state index contributed by atoms with van der Waals surface area (Å²) in [7, 11) is 6.00. The Kier molecular flexibility index (Phi) is 6.05. The van der Waals surface area contributed by atoms with Crippen LogP contribution in [0.1, 0.15) is 15.9 Å². The Morgan fingerprint density at radius 3 is 2.79 bits per heavy atom. The molecule has 28 heavy (non-hydrogen) atoms. The van der Waals surface area contributed by atoms with Crippen LogP contribution in [0.25, 0.3) is 5.65 Å². The molecule has 1 aromatic carbocycles. The number of carbonyl (C=O) groups is 1. The van der Waals surface area contributed by atoms with Crippen molar-refractivity contribution in [1.29, 1.82) is 0 Å². The third kappa shape index (κ3) is 4.74. The third-order valence-corrected chi connectivity index (χ3v) is 3.74. The molecule has 2 bridgehead atoms. The molecule has 4 rings (SSSR count). The van der Waals surface area contributed by atoms with Gasteiger partial charge in [-0.3, -0.25) is 4.79 Å². The van der Waals surface area contributed by atoms with Gasteiger partial charge in [-0.05, 0) is 45.4 Å². The number of hydrogen-bond donors (Lipinski definition) is 2. The summed E-state index contributed by atoms with van der Waals surface area (Å²) in [4.78, 5) is 18.7. The van der Waals surface area contributed by atoms with Gasteiger partial charge in [0.05, 0.1) is 12.7 Å². The zero-order valence-corrected chi connectivity index (χ0v) is 16.1. The van der Waals surface area contributed by atoms with Gasteiger partial charge in [0.25, 0.3) is 5.91 Å². The van der Waals surface area contributed by atoms with Gasteiger partial charge in [-0.25, -0.2) is 13.9 Å².